The molecule has 1 heterocycles. The van der Waals surface area contributed by atoms with Crippen LogP contribution in [0.1, 0.15) is 81.1 Å². The van der Waals surface area contributed by atoms with Crippen molar-refractivity contribution in [1.82, 2.24) is 4.90 Å². The van der Waals surface area contributed by atoms with Gasteiger partial charge in [-0.3, -0.25) is 14.4 Å². The van der Waals surface area contributed by atoms with Gasteiger partial charge in [-0.2, -0.15) is 0 Å². The summed E-state index contributed by atoms with van der Waals surface area (Å²) in [6.07, 6.45) is 5.61. The number of rotatable bonds is 5. The molecule has 2 aromatic rings. The number of amides is 3. The van der Waals surface area contributed by atoms with Crippen LogP contribution in [0.2, 0.25) is 0 Å². The highest BCUT2D eigenvalue weighted by Gasteiger charge is 2.55. The Morgan fingerprint density at radius 3 is 2.36 bits per heavy atom. The molecule has 1 spiro atoms. The van der Waals surface area contributed by atoms with Gasteiger partial charge in [-0.25, -0.2) is 0 Å². The van der Waals surface area contributed by atoms with E-state index in [0.717, 1.165) is 44.1 Å². The lowest BCUT2D eigenvalue weighted by atomic mass is 9.64. The number of carbonyl (C=O) groups is 3. The second-order valence-electron chi connectivity index (χ2n) is 9.37. The van der Waals surface area contributed by atoms with Crippen LogP contribution in [-0.4, -0.2) is 34.2 Å². The van der Waals surface area contributed by atoms with Gasteiger partial charge in [-0.1, -0.05) is 50.5 Å². The third-order valence-electron chi connectivity index (χ3n) is 7.20. The second-order valence-corrected chi connectivity index (χ2v) is 9.37. The fourth-order valence-corrected chi connectivity index (χ4v) is 5.70. The van der Waals surface area contributed by atoms with Crippen LogP contribution in [0.3, 0.4) is 0 Å². The summed E-state index contributed by atoms with van der Waals surface area (Å²) in [5.41, 5.74) is 2.17. The molecular weight excluding hydrogens is 414 g/mol. The zero-order valence-corrected chi connectivity index (χ0v) is 19.7. The van der Waals surface area contributed by atoms with Gasteiger partial charge < -0.3 is 15.5 Å². The molecular formula is C27H33N3O3. The van der Waals surface area contributed by atoms with Crippen LogP contribution >= 0.6 is 0 Å². The number of nitrogens with one attached hydrogen (secondary N) is 2. The molecule has 1 aliphatic heterocycles. The highest BCUT2D eigenvalue weighted by atomic mass is 16.2. The first-order valence-electron chi connectivity index (χ1n) is 12.0. The zero-order chi connectivity index (χ0) is 23.6. The van der Waals surface area contributed by atoms with Crippen LogP contribution in [0, 0.1) is 0 Å². The van der Waals surface area contributed by atoms with Gasteiger partial charge in [0, 0.05) is 29.9 Å². The van der Waals surface area contributed by atoms with Crippen molar-refractivity contribution in [1.29, 1.82) is 0 Å². The SMILES string of the molecule is CC[C@@H](C)N1C(=O)c2ccccc2[C@H](C(=O)Nc2cccc(NC(C)=O)c2)C12CCCCC2. The number of anilines is 2. The highest BCUT2D eigenvalue weighted by molar-refractivity contribution is 6.05. The van der Waals surface area contributed by atoms with Gasteiger partial charge >= 0.3 is 0 Å². The Morgan fingerprint density at radius 2 is 1.70 bits per heavy atom. The number of carbonyl (C=O) groups excluding carboxylic acids is 3. The first kappa shape index (κ1) is 23.0. The maximum Gasteiger partial charge on any atom is 0.254 e. The predicted octanol–water partition coefficient (Wildman–Crippen LogP) is 5.32. The molecule has 2 atom stereocenters. The number of fused-ring (bicyclic) bond motifs is 1. The first-order valence-corrected chi connectivity index (χ1v) is 12.0. The number of hydrogen-bond donors (Lipinski definition) is 2. The maximum atomic E-state index is 14.0. The summed E-state index contributed by atoms with van der Waals surface area (Å²) in [5, 5.41) is 5.86. The molecule has 6 nitrogen and oxygen atoms in total. The average molecular weight is 448 g/mol. The fourth-order valence-electron chi connectivity index (χ4n) is 5.70. The molecule has 2 aliphatic rings. The lowest BCUT2D eigenvalue weighted by molar-refractivity contribution is -0.123. The molecule has 0 bridgehead atoms. The quantitative estimate of drug-likeness (QED) is 0.651. The molecule has 0 aromatic heterocycles. The predicted molar refractivity (Wildman–Crippen MR) is 130 cm³/mol. The minimum Gasteiger partial charge on any atom is -0.329 e. The summed E-state index contributed by atoms with van der Waals surface area (Å²) in [6.45, 7) is 5.64. The van der Waals surface area contributed by atoms with Gasteiger partial charge in [-0.15, -0.1) is 0 Å². The normalized spacial score (nSPS) is 20.2. The molecule has 0 unspecified atom stereocenters. The van der Waals surface area contributed by atoms with Crippen molar-refractivity contribution in [3.8, 4) is 0 Å². The molecule has 33 heavy (non-hydrogen) atoms. The van der Waals surface area contributed by atoms with E-state index in [-0.39, 0.29) is 23.8 Å². The molecule has 6 heteroatoms. The Kier molecular flexibility index (Phi) is 6.54. The summed E-state index contributed by atoms with van der Waals surface area (Å²) in [4.78, 5) is 41.2. The van der Waals surface area contributed by atoms with Crippen molar-refractivity contribution in [2.24, 2.45) is 0 Å². The Hall–Kier alpha value is -3.15. The molecule has 1 saturated carbocycles. The van der Waals surface area contributed by atoms with Crippen molar-refractivity contribution in [3.05, 3.63) is 59.7 Å². The van der Waals surface area contributed by atoms with E-state index in [1.807, 2.05) is 35.2 Å². The van der Waals surface area contributed by atoms with Crippen molar-refractivity contribution in [2.75, 3.05) is 10.6 Å². The lowest BCUT2D eigenvalue weighted by Crippen LogP contribution is -2.64. The molecule has 2 N–H and O–H groups in total. The lowest BCUT2D eigenvalue weighted by Gasteiger charge is -2.55. The van der Waals surface area contributed by atoms with Gasteiger partial charge in [0.05, 0.1) is 11.5 Å². The monoisotopic (exact) mass is 447 g/mol. The summed E-state index contributed by atoms with van der Waals surface area (Å²) in [5.74, 6) is -0.683. The molecule has 4 rings (SSSR count). The Labute approximate surface area is 195 Å². The van der Waals surface area contributed by atoms with Crippen LogP contribution in [0.5, 0.6) is 0 Å². The van der Waals surface area contributed by atoms with Crippen LogP contribution in [0.4, 0.5) is 11.4 Å². The number of benzene rings is 2. The number of nitrogens with zero attached hydrogens (tertiary/aromatic N) is 1. The van der Waals surface area contributed by atoms with E-state index >= 15 is 0 Å². The van der Waals surface area contributed by atoms with Gasteiger partial charge in [0.2, 0.25) is 11.8 Å². The van der Waals surface area contributed by atoms with Crippen LogP contribution in [0.15, 0.2) is 48.5 Å². The molecule has 3 amide bonds. The van der Waals surface area contributed by atoms with E-state index in [4.69, 9.17) is 0 Å². The van der Waals surface area contributed by atoms with E-state index in [1.165, 1.54) is 6.92 Å². The first-order chi connectivity index (χ1) is 15.9. The summed E-state index contributed by atoms with van der Waals surface area (Å²) < 4.78 is 0. The smallest absolute Gasteiger partial charge is 0.254 e. The van der Waals surface area contributed by atoms with Crippen LogP contribution in [0.25, 0.3) is 0 Å². The molecule has 0 saturated heterocycles. The molecule has 0 radical (unpaired) electrons. The second kappa shape index (κ2) is 9.38. The third kappa shape index (κ3) is 4.26. The standard InChI is InChI=1S/C27H33N3O3/c1-4-18(2)30-26(33)23-14-7-6-13-22(23)24(27(30)15-8-5-9-16-27)25(32)29-21-12-10-11-20(17-21)28-19(3)31/h6-7,10-14,17-18,24H,4-5,8-9,15-16H2,1-3H3,(H,28,31)(H,29,32)/t18-,24-/m1/s1. The number of hydrogen-bond acceptors (Lipinski definition) is 3. The largest absolute Gasteiger partial charge is 0.329 e. The Morgan fingerprint density at radius 1 is 1.03 bits per heavy atom. The highest BCUT2D eigenvalue weighted by Crippen LogP contribution is 2.50. The van der Waals surface area contributed by atoms with Gasteiger partial charge in [0.15, 0.2) is 0 Å². The summed E-state index contributed by atoms with van der Waals surface area (Å²) >= 11 is 0. The van der Waals surface area contributed by atoms with Gasteiger partial charge in [-0.05, 0) is 56.0 Å². The van der Waals surface area contributed by atoms with Gasteiger partial charge in [0.1, 0.15) is 0 Å². The fraction of sp³-hybridized carbons (Fsp3) is 0.444. The molecule has 174 valence electrons. The van der Waals surface area contributed by atoms with Crippen molar-refractivity contribution < 1.29 is 14.4 Å². The van der Waals surface area contributed by atoms with E-state index in [1.54, 1.807) is 18.2 Å². The Balaban J connectivity index is 1.78. The van der Waals surface area contributed by atoms with Gasteiger partial charge in [0.25, 0.3) is 5.91 Å². The van der Waals surface area contributed by atoms with E-state index in [2.05, 4.69) is 24.5 Å². The average Bonchev–Trinajstić information content (AvgIpc) is 2.79. The molecule has 1 aliphatic carbocycles. The molecule has 2 aromatic carbocycles. The third-order valence-corrected chi connectivity index (χ3v) is 7.20. The Bertz CT molecular complexity index is 1060. The topological polar surface area (TPSA) is 78.5 Å². The van der Waals surface area contributed by atoms with Crippen LogP contribution in [-0.2, 0) is 9.59 Å². The van der Waals surface area contributed by atoms with E-state index in [0.29, 0.717) is 16.9 Å². The zero-order valence-electron chi connectivity index (χ0n) is 19.7. The minimum absolute atomic E-state index is 0.0403. The van der Waals surface area contributed by atoms with Crippen molar-refractivity contribution in [2.45, 2.75) is 76.8 Å². The van der Waals surface area contributed by atoms with E-state index < -0.39 is 11.5 Å². The van der Waals surface area contributed by atoms with Crippen molar-refractivity contribution in [3.63, 3.8) is 0 Å². The summed E-state index contributed by atoms with van der Waals surface area (Å²) in [6, 6.07) is 14.8. The van der Waals surface area contributed by atoms with E-state index in [9.17, 15) is 14.4 Å². The van der Waals surface area contributed by atoms with Crippen LogP contribution < -0.4 is 10.6 Å². The van der Waals surface area contributed by atoms with Crippen molar-refractivity contribution >= 4 is 29.1 Å². The molecule has 1 fully saturated rings. The maximum absolute atomic E-state index is 14.0. The summed E-state index contributed by atoms with van der Waals surface area (Å²) in [7, 11) is 0. The minimum atomic E-state index is -0.529.